The highest BCUT2D eigenvalue weighted by Crippen LogP contribution is 2.29. The Hall–Kier alpha value is -2.07. The van der Waals surface area contributed by atoms with E-state index in [1.54, 1.807) is 0 Å². The molecule has 0 saturated carbocycles. The SMILES string of the molecule is CCOc1ccc2[nH]c(-c3cccc(C)c3Cl)nc2n1. The minimum Gasteiger partial charge on any atom is -0.478 e. The number of pyridine rings is 1. The fourth-order valence-corrected chi connectivity index (χ4v) is 2.28. The smallest absolute Gasteiger partial charge is 0.215 e. The lowest BCUT2D eigenvalue weighted by atomic mass is 10.1. The molecule has 2 aromatic heterocycles. The topological polar surface area (TPSA) is 50.8 Å². The fourth-order valence-electron chi connectivity index (χ4n) is 2.06. The summed E-state index contributed by atoms with van der Waals surface area (Å²) in [5.41, 5.74) is 3.39. The molecule has 0 aliphatic rings. The van der Waals surface area contributed by atoms with E-state index in [4.69, 9.17) is 16.3 Å². The first-order valence-electron chi connectivity index (χ1n) is 6.44. The zero-order valence-electron chi connectivity index (χ0n) is 11.3. The third-order valence-corrected chi connectivity index (χ3v) is 3.56. The predicted octanol–water partition coefficient (Wildman–Crippen LogP) is 3.99. The quantitative estimate of drug-likeness (QED) is 0.792. The van der Waals surface area contributed by atoms with Crippen molar-refractivity contribution in [1.82, 2.24) is 15.0 Å². The lowest BCUT2D eigenvalue weighted by molar-refractivity contribution is 0.328. The molecule has 0 aliphatic carbocycles. The van der Waals surface area contributed by atoms with Crippen LogP contribution < -0.4 is 4.74 Å². The van der Waals surface area contributed by atoms with E-state index in [0.717, 1.165) is 22.5 Å². The lowest BCUT2D eigenvalue weighted by Crippen LogP contribution is -1.93. The molecular weight excluding hydrogens is 274 g/mol. The van der Waals surface area contributed by atoms with Crippen LogP contribution in [0.4, 0.5) is 0 Å². The second-order valence-corrected chi connectivity index (χ2v) is 4.85. The van der Waals surface area contributed by atoms with Crippen LogP contribution in [0.1, 0.15) is 12.5 Å². The van der Waals surface area contributed by atoms with Gasteiger partial charge in [0, 0.05) is 11.6 Å². The minimum atomic E-state index is 0.577. The van der Waals surface area contributed by atoms with Gasteiger partial charge in [-0.3, -0.25) is 0 Å². The van der Waals surface area contributed by atoms with E-state index in [2.05, 4.69) is 15.0 Å². The summed E-state index contributed by atoms with van der Waals surface area (Å²) in [5, 5.41) is 0.705. The van der Waals surface area contributed by atoms with Crippen molar-refractivity contribution < 1.29 is 4.74 Å². The van der Waals surface area contributed by atoms with E-state index in [1.807, 2.05) is 44.2 Å². The number of aromatic amines is 1. The number of aryl methyl sites for hydroxylation is 1. The standard InChI is InChI=1S/C15H14ClN3O/c1-3-20-12-8-7-11-15(18-12)19-14(17-11)10-6-4-5-9(2)13(10)16/h4-8H,3H2,1-2H3,(H,17,18,19). The van der Waals surface area contributed by atoms with Gasteiger partial charge in [0.1, 0.15) is 5.82 Å². The van der Waals surface area contributed by atoms with Crippen molar-refractivity contribution in [3.63, 3.8) is 0 Å². The summed E-state index contributed by atoms with van der Waals surface area (Å²) in [7, 11) is 0. The van der Waals surface area contributed by atoms with Crippen LogP contribution in [0.25, 0.3) is 22.6 Å². The van der Waals surface area contributed by atoms with E-state index >= 15 is 0 Å². The van der Waals surface area contributed by atoms with E-state index in [1.165, 1.54) is 0 Å². The molecule has 4 nitrogen and oxygen atoms in total. The number of nitrogens with zero attached hydrogens (tertiary/aromatic N) is 2. The number of fused-ring (bicyclic) bond motifs is 1. The van der Waals surface area contributed by atoms with Gasteiger partial charge < -0.3 is 9.72 Å². The van der Waals surface area contributed by atoms with Crippen LogP contribution in [0, 0.1) is 6.92 Å². The van der Waals surface area contributed by atoms with Gasteiger partial charge in [0.15, 0.2) is 5.65 Å². The number of rotatable bonds is 3. The molecule has 0 atom stereocenters. The van der Waals surface area contributed by atoms with Crippen LogP contribution in [0.3, 0.4) is 0 Å². The molecule has 0 aliphatic heterocycles. The minimum absolute atomic E-state index is 0.577. The van der Waals surface area contributed by atoms with Gasteiger partial charge in [0.2, 0.25) is 5.88 Å². The third kappa shape index (κ3) is 2.23. The summed E-state index contributed by atoms with van der Waals surface area (Å²) >= 11 is 6.33. The highest BCUT2D eigenvalue weighted by molar-refractivity contribution is 6.34. The molecule has 5 heteroatoms. The van der Waals surface area contributed by atoms with E-state index in [0.29, 0.717) is 23.2 Å². The first-order chi connectivity index (χ1) is 9.69. The molecule has 0 saturated heterocycles. The van der Waals surface area contributed by atoms with Crippen molar-refractivity contribution in [2.45, 2.75) is 13.8 Å². The second-order valence-electron chi connectivity index (χ2n) is 4.48. The van der Waals surface area contributed by atoms with Gasteiger partial charge >= 0.3 is 0 Å². The summed E-state index contributed by atoms with van der Waals surface area (Å²) in [4.78, 5) is 12.1. The monoisotopic (exact) mass is 287 g/mol. The second kappa shape index (κ2) is 5.13. The number of aromatic nitrogens is 3. The Balaban J connectivity index is 2.10. The van der Waals surface area contributed by atoms with E-state index < -0.39 is 0 Å². The molecule has 1 aromatic carbocycles. The van der Waals surface area contributed by atoms with Crippen LogP contribution in [0.15, 0.2) is 30.3 Å². The molecule has 0 unspecified atom stereocenters. The number of imidazole rings is 1. The van der Waals surface area contributed by atoms with Gasteiger partial charge in [0.25, 0.3) is 0 Å². The predicted molar refractivity (Wildman–Crippen MR) is 80.2 cm³/mol. The first-order valence-corrected chi connectivity index (χ1v) is 6.82. The van der Waals surface area contributed by atoms with Gasteiger partial charge in [-0.05, 0) is 31.5 Å². The fraction of sp³-hybridized carbons (Fsp3) is 0.200. The van der Waals surface area contributed by atoms with Crippen molar-refractivity contribution in [3.8, 4) is 17.3 Å². The zero-order chi connectivity index (χ0) is 14.1. The van der Waals surface area contributed by atoms with Crippen LogP contribution in [-0.2, 0) is 0 Å². The summed E-state index contributed by atoms with van der Waals surface area (Å²) in [6.45, 7) is 4.48. The lowest BCUT2D eigenvalue weighted by Gasteiger charge is -2.02. The van der Waals surface area contributed by atoms with E-state index in [-0.39, 0.29) is 0 Å². The van der Waals surface area contributed by atoms with Crippen molar-refractivity contribution in [3.05, 3.63) is 40.9 Å². The molecule has 0 spiro atoms. The molecule has 0 fully saturated rings. The Bertz CT molecular complexity index is 767. The molecule has 0 amide bonds. The molecule has 0 bridgehead atoms. The molecular formula is C15H14ClN3O. The molecule has 20 heavy (non-hydrogen) atoms. The summed E-state index contributed by atoms with van der Waals surface area (Å²) < 4.78 is 5.38. The average Bonchev–Trinajstić information content (AvgIpc) is 2.85. The molecule has 0 radical (unpaired) electrons. The molecule has 102 valence electrons. The summed E-state index contributed by atoms with van der Waals surface area (Å²) in [6.07, 6.45) is 0. The Morgan fingerprint density at radius 1 is 1.20 bits per heavy atom. The molecule has 2 heterocycles. The Kier molecular flexibility index (Phi) is 3.32. The van der Waals surface area contributed by atoms with Gasteiger partial charge in [-0.1, -0.05) is 23.7 Å². The largest absolute Gasteiger partial charge is 0.478 e. The zero-order valence-corrected chi connectivity index (χ0v) is 12.0. The number of benzene rings is 1. The van der Waals surface area contributed by atoms with E-state index in [9.17, 15) is 0 Å². The highest BCUT2D eigenvalue weighted by Gasteiger charge is 2.11. The van der Waals surface area contributed by atoms with Gasteiger partial charge in [0.05, 0.1) is 17.1 Å². The van der Waals surface area contributed by atoms with Crippen LogP contribution in [0.2, 0.25) is 5.02 Å². The van der Waals surface area contributed by atoms with Crippen molar-refractivity contribution >= 4 is 22.8 Å². The van der Waals surface area contributed by atoms with Crippen molar-refractivity contribution in [2.24, 2.45) is 0 Å². The number of hydrogen-bond donors (Lipinski definition) is 1. The highest BCUT2D eigenvalue weighted by atomic mass is 35.5. The maximum Gasteiger partial charge on any atom is 0.215 e. The van der Waals surface area contributed by atoms with Gasteiger partial charge in [-0.2, -0.15) is 4.98 Å². The number of halogens is 1. The number of H-pyrrole nitrogens is 1. The normalized spacial score (nSPS) is 10.9. The van der Waals surface area contributed by atoms with Crippen LogP contribution >= 0.6 is 11.6 Å². The Labute approximate surface area is 121 Å². The maximum atomic E-state index is 6.33. The number of nitrogens with one attached hydrogen (secondary N) is 1. The number of ether oxygens (including phenoxy) is 1. The van der Waals surface area contributed by atoms with Crippen molar-refractivity contribution in [2.75, 3.05) is 6.61 Å². The van der Waals surface area contributed by atoms with Gasteiger partial charge in [-0.15, -0.1) is 0 Å². The molecule has 1 N–H and O–H groups in total. The van der Waals surface area contributed by atoms with Crippen molar-refractivity contribution in [1.29, 1.82) is 0 Å². The third-order valence-electron chi connectivity index (χ3n) is 3.06. The molecule has 3 rings (SSSR count). The maximum absolute atomic E-state index is 6.33. The van der Waals surface area contributed by atoms with Gasteiger partial charge in [-0.25, -0.2) is 4.98 Å². The first kappa shape index (κ1) is 12.9. The summed E-state index contributed by atoms with van der Waals surface area (Å²) in [6, 6.07) is 9.61. The Morgan fingerprint density at radius 2 is 2.05 bits per heavy atom. The average molecular weight is 288 g/mol. The Morgan fingerprint density at radius 3 is 2.85 bits per heavy atom. The molecule has 3 aromatic rings. The van der Waals surface area contributed by atoms with Crippen LogP contribution in [-0.4, -0.2) is 21.6 Å². The van der Waals surface area contributed by atoms with Crippen LogP contribution in [0.5, 0.6) is 5.88 Å². The number of hydrogen-bond acceptors (Lipinski definition) is 3. The summed E-state index contributed by atoms with van der Waals surface area (Å²) in [5.74, 6) is 1.29.